The van der Waals surface area contributed by atoms with Crippen LogP contribution < -0.4 is 31.3 Å². The lowest BCUT2D eigenvalue weighted by Gasteiger charge is -2.25. The predicted octanol–water partition coefficient (Wildman–Crippen LogP) is 1.43. The highest BCUT2D eigenvalue weighted by molar-refractivity contribution is 6.00. The number of hydrogen-bond acceptors (Lipinski definition) is 7. The first-order valence-electron chi connectivity index (χ1n) is 15.5. The second-order valence-corrected chi connectivity index (χ2v) is 11.9. The summed E-state index contributed by atoms with van der Waals surface area (Å²) in [4.78, 5) is 66.8. The van der Waals surface area contributed by atoms with Crippen molar-refractivity contribution in [2.75, 3.05) is 13.2 Å². The topological polar surface area (TPSA) is 179 Å². The Morgan fingerprint density at radius 2 is 1.71 bits per heavy atom. The zero-order chi connectivity index (χ0) is 34.3. The second kappa shape index (κ2) is 14.8. The first-order valence-corrected chi connectivity index (χ1v) is 15.5. The molecule has 0 radical (unpaired) electrons. The zero-order valence-electron chi connectivity index (χ0n) is 26.2. The number of amides is 5. The highest BCUT2D eigenvalue weighted by atomic mass is 19.1. The minimum Gasteiger partial charge on any atom is -0.492 e. The third kappa shape index (κ3) is 8.52. The summed E-state index contributed by atoms with van der Waals surface area (Å²) >= 11 is 0. The van der Waals surface area contributed by atoms with E-state index in [2.05, 4.69) is 26.6 Å². The van der Waals surface area contributed by atoms with Gasteiger partial charge in [0.05, 0.1) is 18.2 Å². The van der Waals surface area contributed by atoms with Gasteiger partial charge in [-0.25, -0.2) is 4.39 Å². The number of nitrogens with zero attached hydrogens (tertiary/aromatic N) is 1. The van der Waals surface area contributed by atoms with Crippen molar-refractivity contribution in [3.63, 3.8) is 0 Å². The lowest BCUT2D eigenvalue weighted by molar-refractivity contribution is -0.134. The van der Waals surface area contributed by atoms with E-state index in [1.165, 1.54) is 13.0 Å². The van der Waals surface area contributed by atoms with E-state index in [4.69, 9.17) is 4.74 Å². The highest BCUT2D eigenvalue weighted by Crippen LogP contribution is 2.35. The van der Waals surface area contributed by atoms with Crippen LogP contribution >= 0.6 is 0 Å². The monoisotopic (exact) mass is 654 g/mol. The summed E-state index contributed by atoms with van der Waals surface area (Å²) in [5.41, 5.74) is 0.0782. The number of benzene rings is 3. The molecule has 2 heterocycles. The van der Waals surface area contributed by atoms with Gasteiger partial charge in [-0.3, -0.25) is 24.0 Å². The number of ether oxygens (including phenoxy) is 1. The smallest absolute Gasteiger partial charge is 0.252 e. The Kier molecular flexibility index (Phi) is 10.3. The second-order valence-electron chi connectivity index (χ2n) is 11.9. The number of fused-ring (bicyclic) bond motifs is 15. The lowest BCUT2D eigenvalue weighted by atomic mass is 10.0. The van der Waals surface area contributed by atoms with Gasteiger partial charge in [0.25, 0.3) is 5.91 Å². The molecule has 3 aromatic rings. The van der Waals surface area contributed by atoms with Crippen LogP contribution in [0.5, 0.6) is 5.75 Å². The van der Waals surface area contributed by atoms with Gasteiger partial charge in [0.2, 0.25) is 23.6 Å². The van der Waals surface area contributed by atoms with Gasteiger partial charge in [-0.05, 0) is 61.2 Å². The number of carbonyl (C=O) groups is 5. The highest BCUT2D eigenvalue weighted by Gasteiger charge is 2.51. The van der Waals surface area contributed by atoms with E-state index in [0.717, 1.165) is 17.7 Å². The average Bonchev–Trinajstić information content (AvgIpc) is 3.86. The van der Waals surface area contributed by atoms with E-state index in [0.29, 0.717) is 24.2 Å². The summed E-state index contributed by atoms with van der Waals surface area (Å²) < 4.78 is 19.9. The molecule has 3 aliphatic rings. The van der Waals surface area contributed by atoms with Crippen LogP contribution in [0.2, 0.25) is 0 Å². The average molecular weight is 655 g/mol. The molecule has 1 aliphatic carbocycles. The van der Waals surface area contributed by atoms with Gasteiger partial charge in [0, 0.05) is 18.4 Å². The van der Waals surface area contributed by atoms with Gasteiger partial charge in [0.1, 0.15) is 41.8 Å². The van der Waals surface area contributed by atoms with Gasteiger partial charge >= 0.3 is 0 Å². The van der Waals surface area contributed by atoms with Crippen LogP contribution in [0.15, 0.2) is 72.8 Å². The fourth-order valence-electron chi connectivity index (χ4n) is 5.29. The van der Waals surface area contributed by atoms with Gasteiger partial charge < -0.3 is 31.3 Å². The minimum absolute atomic E-state index is 0.0101. The predicted molar refractivity (Wildman–Crippen MR) is 171 cm³/mol. The third-order valence-electron chi connectivity index (χ3n) is 8.15. The molecule has 13 heteroatoms. The molecule has 3 aromatic carbocycles. The van der Waals surface area contributed by atoms with Crippen LogP contribution in [0.25, 0.3) is 0 Å². The summed E-state index contributed by atoms with van der Waals surface area (Å²) in [5, 5.41) is 22.7. The number of nitrogens with one attached hydrogen (secondary N) is 5. The van der Waals surface area contributed by atoms with Gasteiger partial charge in [-0.2, -0.15) is 5.26 Å². The standard InChI is InChI=1S/C35H35FN6O6/c1-21-30(43)40-29(17-22-5-3-2-4-6-22)33(46)42-35(11-12-35)34(47)38-13-14-48-27-9-7-23(8-10-27)18-28(32(45)39-21)41-31(44)25-15-24(20-37)16-26(36)19-25/h2-10,15-16,19,21,28-29H,11-14,17-18H2,1H3,(H,38,47)(H,39,45)(H,40,43)(H,41,44)(H,42,46)/t21-,28-,29+/m0/s1. The Labute approximate surface area is 276 Å². The first-order chi connectivity index (χ1) is 23.0. The summed E-state index contributed by atoms with van der Waals surface area (Å²) in [6.45, 7) is 1.77. The molecule has 1 spiro atoms. The van der Waals surface area contributed by atoms with Crippen LogP contribution in [-0.4, -0.2) is 66.4 Å². The molecule has 1 saturated carbocycles. The van der Waals surface area contributed by atoms with E-state index in [-0.39, 0.29) is 43.0 Å². The van der Waals surface area contributed by atoms with Crippen molar-refractivity contribution in [1.82, 2.24) is 26.6 Å². The summed E-state index contributed by atoms with van der Waals surface area (Å²) in [5.74, 6) is -3.37. The number of carbonyl (C=O) groups excluding carboxylic acids is 5. The SMILES string of the molecule is C[C@@H]1NC(=O)[C@@H](NC(=O)c2cc(F)cc(C#N)c2)Cc2ccc(cc2)OCCNC(=O)C2(CC2)NC(=O)[C@@H](Cc2ccccc2)NC1=O. The molecule has 2 bridgehead atoms. The van der Waals surface area contributed by atoms with Crippen molar-refractivity contribution < 1.29 is 33.1 Å². The maximum atomic E-state index is 14.1. The van der Waals surface area contributed by atoms with Crippen molar-refractivity contribution in [3.8, 4) is 11.8 Å². The molecule has 0 saturated heterocycles. The molecule has 3 atom stereocenters. The quantitative estimate of drug-likeness (QED) is 0.264. The molecule has 12 nitrogen and oxygen atoms in total. The number of rotatable bonds is 4. The van der Waals surface area contributed by atoms with Crippen molar-refractivity contribution in [1.29, 1.82) is 5.26 Å². The molecule has 248 valence electrons. The Morgan fingerprint density at radius 3 is 2.40 bits per heavy atom. The Bertz CT molecular complexity index is 1740. The van der Waals surface area contributed by atoms with Crippen LogP contribution in [0.4, 0.5) is 4.39 Å². The lowest BCUT2D eigenvalue weighted by Crippen LogP contribution is -2.59. The third-order valence-corrected chi connectivity index (χ3v) is 8.15. The molecule has 0 aromatic heterocycles. The van der Waals surface area contributed by atoms with Gasteiger partial charge in [0.15, 0.2) is 0 Å². The number of halogens is 1. The number of nitriles is 1. The maximum Gasteiger partial charge on any atom is 0.252 e. The molecular formula is C35H35FN6O6. The van der Waals surface area contributed by atoms with E-state index < -0.39 is 53.1 Å². The van der Waals surface area contributed by atoms with Crippen LogP contribution in [0, 0.1) is 17.1 Å². The van der Waals surface area contributed by atoms with Crippen molar-refractivity contribution in [2.45, 2.75) is 56.3 Å². The zero-order valence-corrected chi connectivity index (χ0v) is 26.2. The molecule has 5 amide bonds. The number of hydrogen-bond donors (Lipinski definition) is 5. The fraction of sp³-hybridized carbons (Fsp3) is 0.314. The van der Waals surface area contributed by atoms with Crippen molar-refractivity contribution in [2.24, 2.45) is 0 Å². The van der Waals surface area contributed by atoms with E-state index in [1.807, 2.05) is 6.07 Å². The minimum atomic E-state index is -1.22. The molecule has 48 heavy (non-hydrogen) atoms. The Morgan fingerprint density at radius 1 is 0.979 bits per heavy atom. The van der Waals surface area contributed by atoms with Crippen LogP contribution in [-0.2, 0) is 32.0 Å². The molecule has 0 unspecified atom stereocenters. The molecule has 1 fully saturated rings. The van der Waals surface area contributed by atoms with Crippen molar-refractivity contribution in [3.05, 3.63) is 101 Å². The summed E-state index contributed by atoms with van der Waals surface area (Å²) in [6, 6.07) is 17.3. The molecule has 2 aliphatic heterocycles. The molecular weight excluding hydrogens is 619 g/mol. The molecule has 6 rings (SSSR count). The Balaban J connectivity index is 1.40. The van der Waals surface area contributed by atoms with Gasteiger partial charge in [-0.1, -0.05) is 42.5 Å². The fourth-order valence-corrected chi connectivity index (χ4v) is 5.29. The Hall–Kier alpha value is -5.77. The molecule has 5 N–H and O–H groups in total. The maximum absolute atomic E-state index is 14.1. The van der Waals surface area contributed by atoms with E-state index >= 15 is 0 Å². The van der Waals surface area contributed by atoms with E-state index in [9.17, 15) is 33.6 Å². The van der Waals surface area contributed by atoms with Crippen LogP contribution in [0.1, 0.15) is 46.8 Å². The van der Waals surface area contributed by atoms with Gasteiger partial charge in [-0.15, -0.1) is 0 Å². The largest absolute Gasteiger partial charge is 0.492 e. The summed E-state index contributed by atoms with van der Waals surface area (Å²) in [6.07, 6.45) is 0.985. The summed E-state index contributed by atoms with van der Waals surface area (Å²) in [7, 11) is 0. The van der Waals surface area contributed by atoms with E-state index in [1.54, 1.807) is 54.6 Å². The normalized spacial score (nSPS) is 21.4. The first kappa shape index (κ1) is 33.6. The van der Waals surface area contributed by atoms with Crippen molar-refractivity contribution >= 4 is 29.5 Å². The van der Waals surface area contributed by atoms with Crippen LogP contribution in [0.3, 0.4) is 0 Å².